The minimum absolute atomic E-state index is 0.143. The van der Waals surface area contributed by atoms with Gasteiger partial charge in [0.15, 0.2) is 0 Å². The number of aliphatic hydroxyl groups is 2. The lowest BCUT2D eigenvalue weighted by molar-refractivity contribution is 0.227. The SMILES string of the molecule is C/C(=C\[C@@H](C)CO)[C@H](C)O. The summed E-state index contributed by atoms with van der Waals surface area (Å²) in [4.78, 5) is 0. The summed E-state index contributed by atoms with van der Waals surface area (Å²) in [6.45, 7) is 5.63. The molecule has 0 heterocycles. The Morgan fingerprint density at radius 1 is 1.50 bits per heavy atom. The Balaban J connectivity index is 3.89. The molecule has 0 bridgehead atoms. The van der Waals surface area contributed by atoms with Gasteiger partial charge in [-0.3, -0.25) is 0 Å². The minimum atomic E-state index is -0.394. The van der Waals surface area contributed by atoms with Crippen molar-refractivity contribution < 1.29 is 10.2 Å². The molecule has 0 aliphatic heterocycles. The van der Waals surface area contributed by atoms with Crippen molar-refractivity contribution >= 4 is 0 Å². The van der Waals surface area contributed by atoms with Crippen LogP contribution < -0.4 is 0 Å². The number of aliphatic hydroxyl groups excluding tert-OH is 2. The molecular weight excluding hydrogens is 128 g/mol. The predicted molar refractivity (Wildman–Crippen MR) is 41.7 cm³/mol. The Morgan fingerprint density at radius 3 is 2.30 bits per heavy atom. The van der Waals surface area contributed by atoms with Gasteiger partial charge in [0.05, 0.1) is 6.10 Å². The highest BCUT2D eigenvalue weighted by Crippen LogP contribution is 2.05. The second-order valence-electron chi connectivity index (χ2n) is 2.75. The summed E-state index contributed by atoms with van der Waals surface area (Å²) >= 11 is 0. The van der Waals surface area contributed by atoms with E-state index in [0.717, 1.165) is 5.57 Å². The monoisotopic (exact) mass is 144 g/mol. The van der Waals surface area contributed by atoms with E-state index in [0.29, 0.717) is 0 Å². The summed E-state index contributed by atoms with van der Waals surface area (Å²) in [5, 5.41) is 17.7. The molecular formula is C8H16O2. The van der Waals surface area contributed by atoms with Crippen molar-refractivity contribution in [2.24, 2.45) is 5.92 Å². The lowest BCUT2D eigenvalue weighted by Crippen LogP contribution is -2.05. The average Bonchev–Trinajstić information content (AvgIpc) is 1.87. The number of hydrogen-bond acceptors (Lipinski definition) is 2. The Bertz CT molecular complexity index is 116. The van der Waals surface area contributed by atoms with Gasteiger partial charge in [-0.25, -0.2) is 0 Å². The van der Waals surface area contributed by atoms with Gasteiger partial charge in [0.1, 0.15) is 0 Å². The fourth-order valence-corrected chi connectivity index (χ4v) is 0.641. The van der Waals surface area contributed by atoms with E-state index in [4.69, 9.17) is 10.2 Å². The molecule has 0 radical (unpaired) electrons. The van der Waals surface area contributed by atoms with Crippen LogP contribution in [0.2, 0.25) is 0 Å². The van der Waals surface area contributed by atoms with Crippen LogP contribution in [0, 0.1) is 5.92 Å². The van der Waals surface area contributed by atoms with Crippen molar-refractivity contribution in [3.8, 4) is 0 Å². The van der Waals surface area contributed by atoms with Gasteiger partial charge in [-0.1, -0.05) is 13.0 Å². The van der Waals surface area contributed by atoms with Gasteiger partial charge in [0, 0.05) is 6.61 Å². The maximum absolute atomic E-state index is 9.02. The second kappa shape index (κ2) is 4.47. The first kappa shape index (κ1) is 9.66. The van der Waals surface area contributed by atoms with Crippen molar-refractivity contribution in [2.75, 3.05) is 6.61 Å². The summed E-state index contributed by atoms with van der Waals surface area (Å²) in [5.41, 5.74) is 0.918. The van der Waals surface area contributed by atoms with Crippen LogP contribution in [0.15, 0.2) is 11.6 Å². The summed E-state index contributed by atoms with van der Waals surface area (Å²) in [6.07, 6.45) is 1.49. The molecule has 0 aromatic rings. The van der Waals surface area contributed by atoms with Crippen LogP contribution in [0.25, 0.3) is 0 Å². The van der Waals surface area contributed by atoms with Crippen LogP contribution in [0.4, 0.5) is 0 Å². The van der Waals surface area contributed by atoms with E-state index in [9.17, 15) is 0 Å². The smallest absolute Gasteiger partial charge is 0.0719 e. The Kier molecular flexibility index (Phi) is 4.32. The van der Waals surface area contributed by atoms with Crippen LogP contribution in [0.3, 0.4) is 0 Å². The maximum atomic E-state index is 9.02. The van der Waals surface area contributed by atoms with Crippen molar-refractivity contribution in [1.82, 2.24) is 0 Å². The van der Waals surface area contributed by atoms with Crippen LogP contribution in [-0.4, -0.2) is 22.9 Å². The molecule has 0 spiro atoms. The van der Waals surface area contributed by atoms with Gasteiger partial charge in [0.2, 0.25) is 0 Å². The molecule has 2 nitrogen and oxygen atoms in total. The third-order valence-electron chi connectivity index (χ3n) is 1.49. The van der Waals surface area contributed by atoms with Crippen LogP contribution in [0.1, 0.15) is 20.8 Å². The molecule has 60 valence electrons. The molecule has 2 heteroatoms. The van der Waals surface area contributed by atoms with E-state index in [1.165, 1.54) is 0 Å². The Morgan fingerprint density at radius 2 is 2.00 bits per heavy atom. The van der Waals surface area contributed by atoms with Gasteiger partial charge in [-0.05, 0) is 25.3 Å². The first-order valence-electron chi connectivity index (χ1n) is 3.55. The standard InChI is InChI=1S/C8H16O2/c1-6(5-9)4-7(2)8(3)10/h4,6,8-10H,5H2,1-3H3/b7-4+/t6-,8+/m1/s1. The molecule has 0 rings (SSSR count). The minimum Gasteiger partial charge on any atom is -0.396 e. The zero-order valence-electron chi connectivity index (χ0n) is 6.83. The number of hydrogen-bond donors (Lipinski definition) is 2. The third-order valence-corrected chi connectivity index (χ3v) is 1.49. The first-order valence-corrected chi connectivity index (χ1v) is 3.55. The molecule has 2 N–H and O–H groups in total. The lowest BCUT2D eigenvalue weighted by Gasteiger charge is -2.06. The fourth-order valence-electron chi connectivity index (χ4n) is 0.641. The van der Waals surface area contributed by atoms with Crippen molar-refractivity contribution in [1.29, 1.82) is 0 Å². The van der Waals surface area contributed by atoms with E-state index in [1.54, 1.807) is 6.92 Å². The highest BCUT2D eigenvalue weighted by atomic mass is 16.3. The molecule has 0 aromatic carbocycles. The van der Waals surface area contributed by atoms with E-state index >= 15 is 0 Å². The molecule has 0 saturated carbocycles. The van der Waals surface area contributed by atoms with E-state index < -0.39 is 6.10 Å². The largest absolute Gasteiger partial charge is 0.396 e. The molecule has 0 fully saturated rings. The average molecular weight is 144 g/mol. The van der Waals surface area contributed by atoms with Crippen molar-refractivity contribution in [2.45, 2.75) is 26.9 Å². The van der Waals surface area contributed by atoms with E-state index in [-0.39, 0.29) is 12.5 Å². The molecule has 0 aromatic heterocycles. The van der Waals surface area contributed by atoms with Gasteiger partial charge < -0.3 is 10.2 Å². The second-order valence-corrected chi connectivity index (χ2v) is 2.75. The Labute approximate surface area is 62.2 Å². The van der Waals surface area contributed by atoms with Gasteiger partial charge in [-0.2, -0.15) is 0 Å². The van der Waals surface area contributed by atoms with E-state index in [2.05, 4.69) is 0 Å². The molecule has 0 aliphatic carbocycles. The fraction of sp³-hybridized carbons (Fsp3) is 0.750. The number of rotatable bonds is 3. The highest BCUT2D eigenvalue weighted by Gasteiger charge is 2.00. The molecule has 0 saturated heterocycles. The molecule has 0 amide bonds. The Hall–Kier alpha value is -0.340. The van der Waals surface area contributed by atoms with Crippen LogP contribution >= 0.6 is 0 Å². The van der Waals surface area contributed by atoms with Crippen molar-refractivity contribution in [3.63, 3.8) is 0 Å². The maximum Gasteiger partial charge on any atom is 0.0719 e. The highest BCUT2D eigenvalue weighted by molar-refractivity contribution is 5.04. The van der Waals surface area contributed by atoms with Gasteiger partial charge in [0.25, 0.3) is 0 Å². The summed E-state index contributed by atoms with van der Waals surface area (Å²) in [6, 6.07) is 0. The summed E-state index contributed by atoms with van der Waals surface area (Å²) < 4.78 is 0. The summed E-state index contributed by atoms with van der Waals surface area (Å²) in [5.74, 6) is 0.148. The topological polar surface area (TPSA) is 40.5 Å². The third kappa shape index (κ3) is 3.64. The first-order chi connectivity index (χ1) is 4.57. The molecule has 10 heavy (non-hydrogen) atoms. The van der Waals surface area contributed by atoms with E-state index in [1.807, 2.05) is 19.9 Å². The molecule has 2 atom stereocenters. The molecule has 0 unspecified atom stereocenters. The quantitative estimate of drug-likeness (QED) is 0.579. The summed E-state index contributed by atoms with van der Waals surface area (Å²) in [7, 11) is 0. The zero-order valence-corrected chi connectivity index (χ0v) is 6.83. The molecule has 0 aliphatic rings. The van der Waals surface area contributed by atoms with Crippen LogP contribution in [0.5, 0.6) is 0 Å². The predicted octanol–water partition coefficient (Wildman–Crippen LogP) is 0.942. The van der Waals surface area contributed by atoms with Gasteiger partial charge in [-0.15, -0.1) is 0 Å². The lowest BCUT2D eigenvalue weighted by atomic mass is 10.1. The van der Waals surface area contributed by atoms with Crippen molar-refractivity contribution in [3.05, 3.63) is 11.6 Å². The zero-order chi connectivity index (χ0) is 8.15. The normalized spacial score (nSPS) is 18.7. The van der Waals surface area contributed by atoms with Gasteiger partial charge >= 0.3 is 0 Å². The van der Waals surface area contributed by atoms with Crippen LogP contribution in [-0.2, 0) is 0 Å².